The van der Waals surface area contributed by atoms with Gasteiger partial charge in [0.15, 0.2) is 6.29 Å². The Hall–Kier alpha value is -0.570. The van der Waals surface area contributed by atoms with E-state index in [9.17, 15) is 9.90 Å². The zero-order valence-corrected chi connectivity index (χ0v) is 7.41. The van der Waals surface area contributed by atoms with Crippen molar-refractivity contribution in [2.24, 2.45) is 0 Å². The molecule has 0 aromatic heterocycles. The molecule has 0 fully saturated rings. The molecule has 0 aromatic rings. The van der Waals surface area contributed by atoms with Gasteiger partial charge in [0.25, 0.3) is 0 Å². The lowest BCUT2D eigenvalue weighted by atomic mass is 10.0. The maximum Gasteiger partial charge on any atom is 0.151 e. The molecule has 0 heterocycles. The van der Waals surface area contributed by atoms with Gasteiger partial charge in [-0.3, -0.25) is 0 Å². The average Bonchev–Trinajstić information content (AvgIpc) is 2.22. The first-order valence-electron chi connectivity index (χ1n) is 4.30. The number of hydrogen-bond donors (Lipinski definition) is 4. The molecule has 0 aliphatic rings. The van der Waals surface area contributed by atoms with Gasteiger partial charge in [-0.2, -0.15) is 0 Å². The Kier molecular flexibility index (Phi) is 7.48. The zero-order chi connectivity index (χ0) is 11.1. The van der Waals surface area contributed by atoms with E-state index in [2.05, 4.69) is 4.74 Å². The van der Waals surface area contributed by atoms with Crippen molar-refractivity contribution in [3.8, 4) is 0 Å². The lowest BCUT2D eigenvalue weighted by Gasteiger charge is -2.25. The maximum absolute atomic E-state index is 10.2. The Labute approximate surface area is 82.3 Å². The quantitative estimate of drug-likeness (QED) is 0.337. The zero-order valence-electron chi connectivity index (χ0n) is 8.41. The molecular formula is C7H16O7. The van der Waals surface area contributed by atoms with Crippen molar-refractivity contribution in [1.82, 2.24) is 0 Å². The van der Waals surface area contributed by atoms with Crippen LogP contribution in [-0.2, 0) is 9.53 Å². The molecule has 0 unspecified atom stereocenters. The molecule has 0 bridgehead atoms. The lowest BCUT2D eigenvalue weighted by Crippen LogP contribution is -2.47. The first-order valence-corrected chi connectivity index (χ1v) is 3.59. The first kappa shape index (κ1) is 13.4. The van der Waals surface area contributed by atoms with Gasteiger partial charge in [0, 0.05) is 7.09 Å². The minimum atomic E-state index is -1.64. The summed E-state index contributed by atoms with van der Waals surface area (Å²) in [5.74, 6) is 0. The van der Waals surface area contributed by atoms with Crippen LogP contribution in [0.3, 0.4) is 0 Å². The van der Waals surface area contributed by atoms with Gasteiger partial charge in [-0.05, 0) is 0 Å². The number of aliphatic hydroxyl groups excluding tert-OH is 4. The fourth-order valence-electron chi connectivity index (χ4n) is 0.804. The molecule has 0 aromatic carbocycles. The minimum absolute atomic E-state index is 0. The highest BCUT2D eigenvalue weighted by Gasteiger charge is 2.31. The summed E-state index contributed by atoms with van der Waals surface area (Å²) in [5.41, 5.74) is 0. The maximum atomic E-state index is 10.2. The number of aldehydes is 1. The fourth-order valence-corrected chi connectivity index (χ4v) is 0.804. The third kappa shape index (κ3) is 4.09. The van der Waals surface area contributed by atoms with Crippen LogP contribution in [0.15, 0.2) is 0 Å². The Morgan fingerprint density at radius 1 is 1.50 bits per heavy atom. The molecule has 0 saturated carbocycles. The van der Waals surface area contributed by atoms with Crippen molar-refractivity contribution in [2.45, 2.75) is 24.4 Å². The monoisotopic (exact) mass is 213 g/mol. The van der Waals surface area contributed by atoms with E-state index in [0.29, 0.717) is 0 Å². The summed E-state index contributed by atoms with van der Waals surface area (Å²) in [7, 11) is -0.579. The van der Waals surface area contributed by atoms with Gasteiger partial charge in [0.2, 0.25) is 0 Å². The lowest BCUT2D eigenvalue weighted by molar-refractivity contribution is -0.143. The summed E-state index contributed by atoms with van der Waals surface area (Å²) in [6, 6.07) is 0. The van der Waals surface area contributed by atoms with E-state index in [1.165, 1.54) is 0 Å². The topological polar surface area (TPSA) is 139 Å². The average molecular weight is 213 g/mol. The predicted octanol–water partition coefficient (Wildman–Crippen LogP) is -3.55. The van der Waals surface area contributed by atoms with E-state index in [1.807, 2.05) is 0 Å². The van der Waals surface area contributed by atoms with Gasteiger partial charge in [-0.15, -0.1) is 0 Å². The van der Waals surface area contributed by atoms with E-state index >= 15 is 0 Å². The Morgan fingerprint density at radius 3 is 2.43 bits per heavy atom. The molecule has 0 radical (unpaired) electrons. The third-order valence-electron chi connectivity index (χ3n) is 1.59. The highest BCUT2D eigenvalue weighted by atomic mass is 16.5. The fraction of sp³-hybridized carbons (Fsp3) is 0.857. The van der Waals surface area contributed by atoms with E-state index in [-0.39, 0.29) is 11.8 Å². The van der Waals surface area contributed by atoms with Gasteiger partial charge in [0.05, 0.1) is 7.98 Å². The third-order valence-corrected chi connectivity index (χ3v) is 1.59. The van der Waals surface area contributed by atoms with Crippen LogP contribution in [-0.4, -0.2) is 70.3 Å². The number of carbonyl (C=O) groups excluding carboxylic acids is 1. The number of hydrogen-bond acceptors (Lipinski definition) is 6. The molecule has 0 aliphatic carbocycles. The van der Waals surface area contributed by atoms with Crippen molar-refractivity contribution in [2.75, 3.05) is 13.7 Å². The van der Waals surface area contributed by atoms with Gasteiger partial charge in [-0.1, -0.05) is 0 Å². The second kappa shape index (κ2) is 7.80. The van der Waals surface area contributed by atoms with Crippen molar-refractivity contribution < 1.29 is 36.8 Å². The van der Waals surface area contributed by atoms with Crippen LogP contribution < -0.4 is 0 Å². The standard InChI is InChI=1S/C7H14O6.H2O/c1-13-7(5(11)3-9)6(12)4(10)2-8;/h3-8,10-12H,2H2,1H3;1H2/t4-,5+,6-,7-;/m1./s1/i1D;. The van der Waals surface area contributed by atoms with E-state index in [4.69, 9.17) is 16.7 Å². The molecule has 6 N–H and O–H groups in total. The first-order chi connectivity index (χ1) is 6.58. The van der Waals surface area contributed by atoms with Crippen LogP contribution in [0.1, 0.15) is 1.37 Å². The molecule has 0 rings (SSSR count). The van der Waals surface area contributed by atoms with Crippen LogP contribution in [0.25, 0.3) is 0 Å². The van der Waals surface area contributed by atoms with Gasteiger partial charge in [0.1, 0.15) is 24.4 Å². The molecule has 0 aliphatic heterocycles. The Bertz CT molecular complexity index is 167. The van der Waals surface area contributed by atoms with Crippen molar-refractivity contribution in [3.63, 3.8) is 0 Å². The second-order valence-electron chi connectivity index (χ2n) is 2.50. The van der Waals surface area contributed by atoms with Crippen LogP contribution >= 0.6 is 0 Å². The molecule has 0 saturated heterocycles. The minimum Gasteiger partial charge on any atom is -0.412 e. The summed E-state index contributed by atoms with van der Waals surface area (Å²) < 4.78 is 11.2. The molecule has 4 atom stereocenters. The summed E-state index contributed by atoms with van der Waals surface area (Å²) in [6.07, 6.45) is -6.08. The van der Waals surface area contributed by atoms with Crippen LogP contribution in [0.4, 0.5) is 0 Å². The van der Waals surface area contributed by atoms with Crippen molar-refractivity contribution >= 4 is 6.29 Å². The molecule has 86 valence electrons. The normalized spacial score (nSPS) is 19.9. The smallest absolute Gasteiger partial charge is 0.151 e. The molecule has 0 amide bonds. The number of rotatable bonds is 6. The highest BCUT2D eigenvalue weighted by molar-refractivity contribution is 5.56. The van der Waals surface area contributed by atoms with Crippen LogP contribution in [0, 0.1) is 0 Å². The Morgan fingerprint density at radius 2 is 2.07 bits per heavy atom. The molecule has 14 heavy (non-hydrogen) atoms. The van der Waals surface area contributed by atoms with Gasteiger partial charge < -0.3 is 35.4 Å². The summed E-state index contributed by atoms with van der Waals surface area (Å²) in [6.45, 7) is -0.732. The Balaban J connectivity index is 0. The number of methoxy groups -OCH3 is 1. The number of ether oxygens (including phenoxy) is 1. The van der Waals surface area contributed by atoms with Gasteiger partial charge >= 0.3 is 0 Å². The SMILES string of the molecule is O.[2H]CO[C@@H]([C@H](O)[C@H](O)CO)[C@@H](O)C=O. The number of aliphatic hydroxyl groups is 4. The number of carbonyl (C=O) groups is 1. The molecule has 7 heteroatoms. The second-order valence-corrected chi connectivity index (χ2v) is 2.50. The van der Waals surface area contributed by atoms with E-state index in [0.717, 1.165) is 0 Å². The van der Waals surface area contributed by atoms with Crippen LogP contribution in [0.2, 0.25) is 0 Å². The van der Waals surface area contributed by atoms with E-state index < -0.39 is 38.1 Å². The largest absolute Gasteiger partial charge is 0.412 e. The van der Waals surface area contributed by atoms with Gasteiger partial charge in [-0.25, -0.2) is 0 Å². The van der Waals surface area contributed by atoms with Crippen molar-refractivity contribution in [3.05, 3.63) is 0 Å². The molecule has 0 spiro atoms. The van der Waals surface area contributed by atoms with Crippen molar-refractivity contribution in [1.29, 1.82) is 0 Å². The molecular weight excluding hydrogens is 196 g/mol. The van der Waals surface area contributed by atoms with Crippen LogP contribution in [0.5, 0.6) is 0 Å². The summed E-state index contributed by atoms with van der Waals surface area (Å²) >= 11 is 0. The highest BCUT2D eigenvalue weighted by Crippen LogP contribution is 2.07. The van der Waals surface area contributed by atoms with E-state index in [1.54, 1.807) is 0 Å². The molecule has 7 nitrogen and oxygen atoms in total. The summed E-state index contributed by atoms with van der Waals surface area (Å²) in [5, 5.41) is 35.8. The predicted molar refractivity (Wildman–Crippen MR) is 45.6 cm³/mol. The summed E-state index contributed by atoms with van der Waals surface area (Å²) in [4.78, 5) is 10.2.